The molecule has 0 heterocycles. The van der Waals surface area contributed by atoms with Crippen molar-refractivity contribution < 1.29 is 8.42 Å². The predicted octanol–water partition coefficient (Wildman–Crippen LogP) is 1.92. The molecule has 2 saturated carbocycles. The van der Waals surface area contributed by atoms with Crippen LogP contribution in [0.15, 0.2) is 23.1 Å². The van der Waals surface area contributed by atoms with Gasteiger partial charge in [0.25, 0.3) is 0 Å². The Labute approximate surface area is 120 Å². The lowest BCUT2D eigenvalue weighted by Gasteiger charge is -2.16. The first-order valence-electron chi connectivity index (χ1n) is 7.26. The average Bonchev–Trinajstić information content (AvgIpc) is 3.28. The van der Waals surface area contributed by atoms with Gasteiger partial charge in [0.05, 0.1) is 4.90 Å². The van der Waals surface area contributed by atoms with Gasteiger partial charge in [-0.25, -0.2) is 13.1 Å². The molecule has 5 heteroatoms. The van der Waals surface area contributed by atoms with Crippen molar-refractivity contribution in [3.05, 3.63) is 29.3 Å². The van der Waals surface area contributed by atoms with Crippen LogP contribution in [0.4, 0.5) is 0 Å². The molecule has 0 aliphatic heterocycles. The molecule has 0 spiro atoms. The molecule has 4 nitrogen and oxygen atoms in total. The Kier molecular flexibility index (Phi) is 3.39. The van der Waals surface area contributed by atoms with Crippen molar-refractivity contribution in [2.24, 2.45) is 17.1 Å². The highest BCUT2D eigenvalue weighted by molar-refractivity contribution is 7.89. The lowest BCUT2D eigenvalue weighted by Crippen LogP contribution is -2.31. The molecule has 0 unspecified atom stereocenters. The van der Waals surface area contributed by atoms with E-state index in [1.807, 2.05) is 13.0 Å². The first kappa shape index (κ1) is 14.0. The Hall–Kier alpha value is -0.910. The first-order valence-corrected chi connectivity index (χ1v) is 8.74. The van der Waals surface area contributed by atoms with Crippen molar-refractivity contribution in [1.29, 1.82) is 0 Å². The van der Waals surface area contributed by atoms with E-state index in [2.05, 4.69) is 4.72 Å². The van der Waals surface area contributed by atoms with Gasteiger partial charge in [-0.2, -0.15) is 0 Å². The molecule has 1 aromatic rings. The molecule has 0 radical (unpaired) electrons. The summed E-state index contributed by atoms with van der Waals surface area (Å²) in [6, 6.07) is 5.17. The number of aryl methyl sites for hydroxylation is 1. The molecule has 0 saturated heterocycles. The average molecular weight is 294 g/mol. The third-order valence-electron chi connectivity index (χ3n) is 4.80. The van der Waals surface area contributed by atoms with Crippen LogP contribution >= 0.6 is 0 Å². The monoisotopic (exact) mass is 294 g/mol. The van der Waals surface area contributed by atoms with Crippen molar-refractivity contribution >= 4 is 10.0 Å². The molecule has 0 amide bonds. The summed E-state index contributed by atoms with van der Waals surface area (Å²) in [6.07, 6.45) is 4.87. The maximum absolute atomic E-state index is 12.4. The summed E-state index contributed by atoms with van der Waals surface area (Å²) < 4.78 is 27.6. The van der Waals surface area contributed by atoms with Crippen LogP contribution in [0.25, 0.3) is 0 Å². The molecule has 1 aromatic carbocycles. The fourth-order valence-electron chi connectivity index (χ4n) is 2.94. The smallest absolute Gasteiger partial charge is 0.240 e. The lowest BCUT2D eigenvalue weighted by atomic mass is 10.0. The van der Waals surface area contributed by atoms with Gasteiger partial charge >= 0.3 is 0 Å². The maximum Gasteiger partial charge on any atom is 0.240 e. The number of sulfonamides is 1. The molecule has 3 rings (SSSR count). The van der Waals surface area contributed by atoms with Crippen molar-refractivity contribution in [2.45, 2.75) is 44.0 Å². The largest absolute Gasteiger partial charge is 0.326 e. The van der Waals surface area contributed by atoms with Gasteiger partial charge in [-0.3, -0.25) is 0 Å². The SMILES string of the molecule is Cc1ccc(S(=O)(=O)NCC2(C3CC3)CC2)cc1CN. The van der Waals surface area contributed by atoms with E-state index in [1.165, 1.54) is 25.7 Å². The van der Waals surface area contributed by atoms with E-state index in [-0.39, 0.29) is 5.41 Å². The zero-order valence-electron chi connectivity index (χ0n) is 11.9. The molecule has 0 atom stereocenters. The Morgan fingerprint density at radius 3 is 2.60 bits per heavy atom. The Morgan fingerprint density at radius 1 is 1.35 bits per heavy atom. The predicted molar refractivity (Wildman–Crippen MR) is 78.6 cm³/mol. The second-order valence-electron chi connectivity index (χ2n) is 6.25. The number of hydrogen-bond acceptors (Lipinski definition) is 3. The normalized spacial score (nSPS) is 20.9. The summed E-state index contributed by atoms with van der Waals surface area (Å²) in [5.74, 6) is 0.753. The Bertz CT molecular complexity index is 617. The van der Waals surface area contributed by atoms with Gasteiger partial charge in [-0.1, -0.05) is 6.07 Å². The fourth-order valence-corrected chi connectivity index (χ4v) is 4.13. The molecule has 0 bridgehead atoms. The van der Waals surface area contributed by atoms with Gasteiger partial charge in [0.15, 0.2) is 0 Å². The van der Waals surface area contributed by atoms with Crippen LogP contribution in [-0.2, 0) is 16.6 Å². The molecule has 110 valence electrons. The highest BCUT2D eigenvalue weighted by Crippen LogP contribution is 2.60. The molecular formula is C15H22N2O2S. The van der Waals surface area contributed by atoms with Crippen LogP contribution in [0, 0.1) is 18.3 Å². The van der Waals surface area contributed by atoms with E-state index in [9.17, 15) is 8.42 Å². The second kappa shape index (κ2) is 4.83. The van der Waals surface area contributed by atoms with E-state index in [1.54, 1.807) is 12.1 Å². The number of nitrogens with one attached hydrogen (secondary N) is 1. The number of benzene rings is 1. The number of nitrogens with two attached hydrogens (primary N) is 1. The van der Waals surface area contributed by atoms with Gasteiger partial charge in [0.1, 0.15) is 0 Å². The van der Waals surface area contributed by atoms with Crippen molar-refractivity contribution in [2.75, 3.05) is 6.54 Å². The zero-order chi connectivity index (χ0) is 14.4. The van der Waals surface area contributed by atoms with E-state index < -0.39 is 10.0 Å². The summed E-state index contributed by atoms with van der Waals surface area (Å²) in [5, 5.41) is 0. The van der Waals surface area contributed by atoms with Gasteiger partial charge in [0.2, 0.25) is 10.0 Å². The van der Waals surface area contributed by atoms with Crippen molar-refractivity contribution in [3.63, 3.8) is 0 Å². The molecule has 0 aromatic heterocycles. The van der Waals surface area contributed by atoms with Crippen LogP contribution in [-0.4, -0.2) is 15.0 Å². The van der Waals surface area contributed by atoms with E-state index in [0.29, 0.717) is 18.0 Å². The summed E-state index contributed by atoms with van der Waals surface area (Å²) in [4.78, 5) is 0.329. The summed E-state index contributed by atoms with van der Waals surface area (Å²) in [6.45, 7) is 2.89. The van der Waals surface area contributed by atoms with Gasteiger partial charge in [-0.15, -0.1) is 0 Å². The number of rotatable bonds is 6. The van der Waals surface area contributed by atoms with Gasteiger partial charge in [0, 0.05) is 13.1 Å². The van der Waals surface area contributed by atoms with E-state index in [4.69, 9.17) is 5.73 Å². The van der Waals surface area contributed by atoms with Crippen LogP contribution < -0.4 is 10.5 Å². The van der Waals surface area contributed by atoms with E-state index >= 15 is 0 Å². The standard InChI is InChI=1S/C15H22N2O2S/c1-11-2-5-14(8-12(11)9-16)20(18,19)17-10-15(6-7-15)13-3-4-13/h2,5,8,13,17H,3-4,6-7,9-10,16H2,1H3. The van der Waals surface area contributed by atoms with Gasteiger partial charge in [-0.05, 0) is 67.2 Å². The van der Waals surface area contributed by atoms with Crippen LogP contribution in [0.5, 0.6) is 0 Å². The maximum atomic E-state index is 12.4. The van der Waals surface area contributed by atoms with Crippen molar-refractivity contribution in [1.82, 2.24) is 4.72 Å². The highest BCUT2D eigenvalue weighted by atomic mass is 32.2. The fraction of sp³-hybridized carbons (Fsp3) is 0.600. The molecular weight excluding hydrogens is 272 g/mol. The minimum Gasteiger partial charge on any atom is -0.326 e. The molecule has 2 fully saturated rings. The minimum absolute atomic E-state index is 0.272. The summed E-state index contributed by atoms with van der Waals surface area (Å²) >= 11 is 0. The molecule has 2 aliphatic rings. The minimum atomic E-state index is -3.41. The molecule has 3 N–H and O–H groups in total. The molecule has 20 heavy (non-hydrogen) atoms. The Balaban J connectivity index is 1.74. The first-order chi connectivity index (χ1) is 9.47. The third kappa shape index (κ3) is 2.62. The highest BCUT2D eigenvalue weighted by Gasteiger charge is 2.53. The second-order valence-corrected chi connectivity index (χ2v) is 8.02. The van der Waals surface area contributed by atoms with Crippen LogP contribution in [0.2, 0.25) is 0 Å². The molecule has 2 aliphatic carbocycles. The quantitative estimate of drug-likeness (QED) is 0.842. The zero-order valence-corrected chi connectivity index (χ0v) is 12.7. The topological polar surface area (TPSA) is 72.2 Å². The van der Waals surface area contributed by atoms with Crippen LogP contribution in [0.1, 0.15) is 36.8 Å². The lowest BCUT2D eigenvalue weighted by molar-refractivity contribution is 0.432. The van der Waals surface area contributed by atoms with Crippen molar-refractivity contribution in [3.8, 4) is 0 Å². The van der Waals surface area contributed by atoms with E-state index in [0.717, 1.165) is 17.0 Å². The Morgan fingerprint density at radius 2 is 2.05 bits per heavy atom. The van der Waals surface area contributed by atoms with Crippen LogP contribution in [0.3, 0.4) is 0 Å². The number of hydrogen-bond donors (Lipinski definition) is 2. The van der Waals surface area contributed by atoms with Gasteiger partial charge < -0.3 is 5.73 Å². The summed E-state index contributed by atoms with van der Waals surface area (Å²) in [7, 11) is -3.41. The third-order valence-corrected chi connectivity index (χ3v) is 6.20. The summed E-state index contributed by atoms with van der Waals surface area (Å²) in [5.41, 5.74) is 7.84.